The predicted molar refractivity (Wildman–Crippen MR) is 111 cm³/mol. The van der Waals surface area contributed by atoms with E-state index >= 15 is 0 Å². The first-order valence-corrected chi connectivity index (χ1v) is 10.1. The molecule has 26 heavy (non-hydrogen) atoms. The Morgan fingerprint density at radius 1 is 0.962 bits per heavy atom. The minimum absolute atomic E-state index is 0.968. The number of hydrogen-bond donors (Lipinski definition) is 0. The van der Waals surface area contributed by atoms with Crippen LogP contribution in [0.2, 0.25) is 0 Å². The Morgan fingerprint density at radius 2 is 1.81 bits per heavy atom. The van der Waals surface area contributed by atoms with Crippen molar-refractivity contribution in [3.63, 3.8) is 0 Å². The van der Waals surface area contributed by atoms with E-state index in [1.54, 1.807) is 0 Å². The van der Waals surface area contributed by atoms with Crippen LogP contribution in [0.1, 0.15) is 39.1 Å². The quantitative estimate of drug-likeness (QED) is 0.568. The molecule has 0 spiro atoms. The van der Waals surface area contributed by atoms with E-state index in [-0.39, 0.29) is 0 Å². The van der Waals surface area contributed by atoms with Gasteiger partial charge in [0.25, 0.3) is 0 Å². The molecule has 0 radical (unpaired) electrons. The molecule has 2 aromatic carbocycles. The van der Waals surface area contributed by atoms with E-state index in [4.69, 9.17) is 10.1 Å². The van der Waals surface area contributed by atoms with Crippen molar-refractivity contribution in [3.05, 3.63) is 75.5 Å². The average Bonchev–Trinajstić information content (AvgIpc) is 3.17. The zero-order valence-electron chi connectivity index (χ0n) is 15.7. The van der Waals surface area contributed by atoms with Crippen LogP contribution < -0.4 is 0 Å². The first-order chi connectivity index (χ1) is 12.5. The molecule has 0 unspecified atom stereocenters. The number of fused-ring (bicyclic) bond motifs is 1. The summed E-state index contributed by atoms with van der Waals surface area (Å²) < 4.78 is 2.02. The monoisotopic (exact) mass is 361 g/mol. The second-order valence-electron chi connectivity index (χ2n) is 7.05. The Kier molecular flexibility index (Phi) is 4.45. The summed E-state index contributed by atoms with van der Waals surface area (Å²) in [4.78, 5) is 4.88. The summed E-state index contributed by atoms with van der Waals surface area (Å²) in [6, 6.07) is 13.0. The first-order valence-electron chi connectivity index (χ1n) is 8.90. The third-order valence-corrected chi connectivity index (χ3v) is 5.94. The second-order valence-corrected chi connectivity index (χ2v) is 8.03. The molecular weight excluding hydrogens is 338 g/mol. The summed E-state index contributed by atoms with van der Waals surface area (Å²) in [5.74, 6) is 2.93. The fourth-order valence-electron chi connectivity index (χ4n) is 3.32. The third kappa shape index (κ3) is 3.10. The van der Waals surface area contributed by atoms with Crippen LogP contribution in [-0.2, 0) is 11.5 Å². The Labute approximate surface area is 159 Å². The van der Waals surface area contributed by atoms with Crippen molar-refractivity contribution >= 4 is 23.8 Å². The molecule has 0 amide bonds. The molecule has 3 aromatic rings. The molecule has 4 heteroatoms. The lowest BCUT2D eigenvalue weighted by Gasteiger charge is -2.10. The van der Waals surface area contributed by atoms with Crippen LogP contribution in [0.4, 0.5) is 5.82 Å². The van der Waals surface area contributed by atoms with Gasteiger partial charge in [-0.15, -0.1) is 0 Å². The summed E-state index contributed by atoms with van der Waals surface area (Å²) in [5.41, 5.74) is 9.76. The molecule has 1 aliphatic rings. The molecule has 3 nitrogen and oxygen atoms in total. The Balaban J connectivity index is 1.80. The summed E-state index contributed by atoms with van der Waals surface area (Å²) in [5, 5.41) is 4.88. The second kappa shape index (κ2) is 6.76. The van der Waals surface area contributed by atoms with E-state index < -0.39 is 0 Å². The predicted octanol–water partition coefficient (Wildman–Crippen LogP) is 5.60. The van der Waals surface area contributed by atoms with Crippen LogP contribution in [-0.4, -0.2) is 16.0 Å². The van der Waals surface area contributed by atoms with Gasteiger partial charge in [-0.05, 0) is 56.0 Å². The van der Waals surface area contributed by atoms with Crippen LogP contribution in [0.5, 0.6) is 0 Å². The normalized spacial score (nSPS) is 13.5. The fraction of sp³-hybridized carbons (Fsp3) is 0.273. The lowest BCUT2D eigenvalue weighted by molar-refractivity contribution is 0.853. The van der Waals surface area contributed by atoms with Crippen LogP contribution in [0.3, 0.4) is 0 Å². The number of thioether (sulfide) groups is 1. The molecule has 132 valence electrons. The summed E-state index contributed by atoms with van der Waals surface area (Å²) >= 11 is 1.91. The van der Waals surface area contributed by atoms with Gasteiger partial charge in [0, 0.05) is 23.3 Å². The topological polar surface area (TPSA) is 30.2 Å². The van der Waals surface area contributed by atoms with E-state index in [0.29, 0.717) is 0 Å². The van der Waals surface area contributed by atoms with Crippen LogP contribution in [0.15, 0.2) is 41.4 Å². The molecule has 4 rings (SSSR count). The maximum atomic E-state index is 4.88. The number of aromatic nitrogens is 2. The van der Waals surface area contributed by atoms with Gasteiger partial charge in [0.05, 0.1) is 11.4 Å². The number of aryl methyl sites for hydroxylation is 4. The van der Waals surface area contributed by atoms with Gasteiger partial charge in [-0.2, -0.15) is 16.9 Å². The fourth-order valence-corrected chi connectivity index (χ4v) is 4.35. The summed E-state index contributed by atoms with van der Waals surface area (Å²) in [6.45, 7) is 8.53. The van der Waals surface area contributed by atoms with Gasteiger partial charge in [0.2, 0.25) is 0 Å². The standard InChI is InChI=1S/C22H23N3S/c1-14-5-8-21(17(4)9-14)25-22(19-12-26-13-20(19)24-25)23-11-18-7-6-15(2)16(3)10-18/h5-11H,12-13H2,1-4H3/b23-11+. The maximum absolute atomic E-state index is 4.88. The number of nitrogens with zero attached hydrogens (tertiary/aromatic N) is 3. The zero-order valence-corrected chi connectivity index (χ0v) is 16.5. The molecular formula is C22H23N3S. The molecule has 0 aliphatic carbocycles. The average molecular weight is 362 g/mol. The van der Waals surface area contributed by atoms with Gasteiger partial charge >= 0.3 is 0 Å². The van der Waals surface area contributed by atoms with Crippen LogP contribution in [0, 0.1) is 27.7 Å². The largest absolute Gasteiger partial charge is 0.236 e. The lowest BCUT2D eigenvalue weighted by atomic mass is 10.1. The van der Waals surface area contributed by atoms with Crippen molar-refractivity contribution in [2.75, 3.05) is 0 Å². The summed E-state index contributed by atoms with van der Waals surface area (Å²) in [7, 11) is 0. The van der Waals surface area contributed by atoms with Crippen molar-refractivity contribution in [2.45, 2.75) is 39.2 Å². The van der Waals surface area contributed by atoms with Crippen molar-refractivity contribution in [1.82, 2.24) is 9.78 Å². The van der Waals surface area contributed by atoms with E-state index in [1.165, 1.54) is 33.5 Å². The maximum Gasteiger partial charge on any atom is 0.159 e. The van der Waals surface area contributed by atoms with Crippen molar-refractivity contribution in [3.8, 4) is 5.69 Å². The Bertz CT molecular complexity index is 1010. The number of rotatable bonds is 3. The Hall–Kier alpha value is -2.33. The van der Waals surface area contributed by atoms with E-state index in [0.717, 1.165) is 28.6 Å². The molecule has 1 aliphatic heterocycles. The molecule has 1 aromatic heterocycles. The lowest BCUT2D eigenvalue weighted by Crippen LogP contribution is -2.00. The molecule has 2 heterocycles. The number of hydrogen-bond acceptors (Lipinski definition) is 3. The first kappa shape index (κ1) is 17.1. The SMILES string of the molecule is Cc1ccc(-n2nc3c(c2/N=C/c2ccc(C)c(C)c2)CSC3)c(C)c1. The number of aliphatic imine (C=N–C) groups is 1. The van der Waals surface area contributed by atoms with Crippen LogP contribution in [0.25, 0.3) is 5.69 Å². The number of benzene rings is 2. The minimum Gasteiger partial charge on any atom is -0.236 e. The molecule has 0 bridgehead atoms. The highest BCUT2D eigenvalue weighted by Gasteiger charge is 2.23. The molecule has 0 saturated heterocycles. The minimum atomic E-state index is 0.968. The van der Waals surface area contributed by atoms with E-state index in [2.05, 4.69) is 64.1 Å². The highest BCUT2D eigenvalue weighted by molar-refractivity contribution is 7.98. The van der Waals surface area contributed by atoms with Gasteiger partial charge in [0.1, 0.15) is 0 Å². The smallest absolute Gasteiger partial charge is 0.159 e. The van der Waals surface area contributed by atoms with Gasteiger partial charge in [-0.1, -0.05) is 35.9 Å². The van der Waals surface area contributed by atoms with Crippen molar-refractivity contribution in [2.24, 2.45) is 4.99 Å². The summed E-state index contributed by atoms with van der Waals surface area (Å²) in [6.07, 6.45) is 1.97. The van der Waals surface area contributed by atoms with Gasteiger partial charge in [0.15, 0.2) is 5.82 Å². The molecule has 0 saturated carbocycles. The third-order valence-electron chi connectivity index (χ3n) is 4.97. The van der Waals surface area contributed by atoms with Crippen LogP contribution >= 0.6 is 11.8 Å². The molecule has 0 atom stereocenters. The molecule has 0 N–H and O–H groups in total. The van der Waals surface area contributed by atoms with Gasteiger partial charge in [-0.25, -0.2) is 9.67 Å². The van der Waals surface area contributed by atoms with Gasteiger partial charge < -0.3 is 0 Å². The van der Waals surface area contributed by atoms with E-state index in [9.17, 15) is 0 Å². The zero-order chi connectivity index (χ0) is 18.3. The highest BCUT2D eigenvalue weighted by atomic mass is 32.2. The van der Waals surface area contributed by atoms with Gasteiger partial charge in [-0.3, -0.25) is 0 Å². The van der Waals surface area contributed by atoms with Crippen molar-refractivity contribution in [1.29, 1.82) is 0 Å². The Morgan fingerprint density at radius 3 is 2.58 bits per heavy atom. The highest BCUT2D eigenvalue weighted by Crippen LogP contribution is 2.38. The molecule has 0 fully saturated rings. The van der Waals surface area contributed by atoms with E-state index in [1.807, 2.05) is 22.7 Å². The van der Waals surface area contributed by atoms with Crippen molar-refractivity contribution < 1.29 is 0 Å².